The Balaban J connectivity index is 2.14. The minimum absolute atomic E-state index is 0.0230. The first kappa shape index (κ1) is 13.7. The van der Waals surface area contributed by atoms with Gasteiger partial charge in [0.15, 0.2) is 6.29 Å². The van der Waals surface area contributed by atoms with Gasteiger partial charge in [-0.15, -0.1) is 0 Å². The highest BCUT2D eigenvalue weighted by molar-refractivity contribution is 6.06. The molecular weight excluding hydrogens is 264 g/mol. The summed E-state index contributed by atoms with van der Waals surface area (Å²) in [5.74, 6) is -1.69. The Kier molecular flexibility index (Phi) is 3.79. The number of carbonyl (C=O) groups is 4. The largest absolute Gasteiger partial charge is 0.508 e. The topological polar surface area (TPSA) is 113 Å². The van der Waals surface area contributed by atoms with Gasteiger partial charge in [-0.05, 0) is 24.6 Å². The third-order valence-electron chi connectivity index (χ3n) is 2.95. The fraction of sp³-hybridized carbons (Fsp3) is 0.231. The van der Waals surface area contributed by atoms with Gasteiger partial charge in [0.25, 0.3) is 5.91 Å². The van der Waals surface area contributed by atoms with Gasteiger partial charge < -0.3 is 10.4 Å². The summed E-state index contributed by atoms with van der Waals surface area (Å²) in [5.41, 5.74) is 0.0808. The van der Waals surface area contributed by atoms with Crippen molar-refractivity contribution >= 4 is 24.0 Å². The van der Waals surface area contributed by atoms with Crippen molar-refractivity contribution in [3.05, 3.63) is 29.3 Å². The lowest BCUT2D eigenvalue weighted by atomic mass is 10.0. The zero-order chi connectivity index (χ0) is 14.7. The number of rotatable bonds is 3. The van der Waals surface area contributed by atoms with Crippen LogP contribution in [0.2, 0.25) is 0 Å². The number of imide groups is 1. The summed E-state index contributed by atoms with van der Waals surface area (Å²) in [6, 6.07) is 2.91. The Hall–Kier alpha value is -2.70. The van der Waals surface area contributed by atoms with Gasteiger partial charge in [0.05, 0.1) is 5.56 Å². The molecule has 1 aliphatic heterocycles. The van der Waals surface area contributed by atoms with Crippen LogP contribution in [0.3, 0.4) is 0 Å². The number of nitrogens with one attached hydrogen (secondary N) is 2. The number of hydrogen-bond acceptors (Lipinski definition) is 5. The maximum Gasteiger partial charge on any atom is 0.252 e. The average Bonchev–Trinajstić information content (AvgIpc) is 2.41. The molecule has 20 heavy (non-hydrogen) atoms. The predicted molar refractivity (Wildman–Crippen MR) is 67.1 cm³/mol. The molecule has 1 saturated heterocycles. The van der Waals surface area contributed by atoms with E-state index in [4.69, 9.17) is 0 Å². The zero-order valence-corrected chi connectivity index (χ0v) is 10.4. The Morgan fingerprint density at radius 3 is 2.80 bits per heavy atom. The Labute approximate surface area is 114 Å². The monoisotopic (exact) mass is 276 g/mol. The summed E-state index contributed by atoms with van der Waals surface area (Å²) in [4.78, 5) is 45.4. The fourth-order valence-corrected chi connectivity index (χ4v) is 1.92. The van der Waals surface area contributed by atoms with Crippen LogP contribution in [0, 0.1) is 0 Å². The summed E-state index contributed by atoms with van der Waals surface area (Å²) >= 11 is 0. The van der Waals surface area contributed by atoms with E-state index in [2.05, 4.69) is 10.6 Å². The molecule has 3 amide bonds. The average molecular weight is 276 g/mol. The van der Waals surface area contributed by atoms with Crippen LogP contribution in [0.25, 0.3) is 0 Å². The number of aromatic hydroxyl groups is 1. The van der Waals surface area contributed by atoms with Crippen LogP contribution < -0.4 is 10.6 Å². The van der Waals surface area contributed by atoms with Gasteiger partial charge in [-0.3, -0.25) is 24.5 Å². The second-order valence-electron chi connectivity index (χ2n) is 4.37. The molecule has 0 saturated carbocycles. The first-order valence-corrected chi connectivity index (χ1v) is 5.94. The number of hydrogen-bond donors (Lipinski definition) is 3. The molecule has 1 heterocycles. The molecule has 7 heteroatoms. The molecule has 1 aromatic rings. The summed E-state index contributed by atoms with van der Waals surface area (Å²) in [6.07, 6.45) is 0.802. The van der Waals surface area contributed by atoms with Crippen LogP contribution in [0.15, 0.2) is 18.2 Å². The molecule has 0 aromatic heterocycles. The minimum Gasteiger partial charge on any atom is -0.508 e. The van der Waals surface area contributed by atoms with Crippen molar-refractivity contribution in [2.24, 2.45) is 0 Å². The lowest BCUT2D eigenvalue weighted by molar-refractivity contribution is -0.134. The van der Waals surface area contributed by atoms with Crippen LogP contribution in [-0.4, -0.2) is 35.2 Å². The van der Waals surface area contributed by atoms with Gasteiger partial charge >= 0.3 is 0 Å². The molecule has 1 aromatic carbocycles. The second kappa shape index (κ2) is 5.52. The van der Waals surface area contributed by atoms with Crippen molar-refractivity contribution in [1.29, 1.82) is 0 Å². The van der Waals surface area contributed by atoms with Crippen LogP contribution >= 0.6 is 0 Å². The van der Waals surface area contributed by atoms with E-state index in [1.54, 1.807) is 0 Å². The van der Waals surface area contributed by atoms with Crippen LogP contribution in [0.1, 0.15) is 33.6 Å². The molecule has 7 nitrogen and oxygen atoms in total. The van der Waals surface area contributed by atoms with E-state index >= 15 is 0 Å². The normalized spacial score (nSPS) is 18.3. The van der Waals surface area contributed by atoms with E-state index in [9.17, 15) is 24.3 Å². The number of amides is 3. The predicted octanol–water partition coefficient (Wildman–Crippen LogP) is -0.260. The Bertz CT molecular complexity index is 596. The SMILES string of the molecule is O=Cc1cc(O)ccc1C(=O)NC1CCC(=O)NC1=O. The number of piperidine rings is 1. The molecule has 1 fully saturated rings. The number of phenols is 1. The maximum absolute atomic E-state index is 12.0. The highest BCUT2D eigenvalue weighted by atomic mass is 16.3. The van der Waals surface area contributed by atoms with Crippen LogP contribution in [-0.2, 0) is 9.59 Å². The minimum atomic E-state index is -0.812. The van der Waals surface area contributed by atoms with Gasteiger partial charge in [0, 0.05) is 12.0 Å². The first-order chi connectivity index (χ1) is 9.51. The fourth-order valence-electron chi connectivity index (χ4n) is 1.92. The van der Waals surface area contributed by atoms with E-state index in [-0.39, 0.29) is 35.6 Å². The van der Waals surface area contributed by atoms with Crippen LogP contribution in [0.5, 0.6) is 5.75 Å². The number of carbonyl (C=O) groups excluding carboxylic acids is 4. The molecule has 104 valence electrons. The number of benzene rings is 1. The van der Waals surface area contributed by atoms with Gasteiger partial charge in [-0.1, -0.05) is 0 Å². The quantitative estimate of drug-likeness (QED) is 0.520. The van der Waals surface area contributed by atoms with E-state index < -0.39 is 17.9 Å². The first-order valence-electron chi connectivity index (χ1n) is 5.94. The zero-order valence-electron chi connectivity index (χ0n) is 10.4. The molecule has 0 radical (unpaired) electrons. The molecule has 3 N–H and O–H groups in total. The standard InChI is InChI=1S/C13H12N2O5/c16-6-7-5-8(17)1-2-9(7)12(19)14-10-3-4-11(18)15-13(10)20/h1-2,5-6,10,17H,3-4H2,(H,14,19)(H,15,18,20). The van der Waals surface area contributed by atoms with Crippen molar-refractivity contribution in [3.8, 4) is 5.75 Å². The molecule has 0 bridgehead atoms. The van der Waals surface area contributed by atoms with Gasteiger partial charge in [0.1, 0.15) is 11.8 Å². The summed E-state index contributed by atoms with van der Waals surface area (Å²) < 4.78 is 0. The highest BCUT2D eigenvalue weighted by Crippen LogP contribution is 2.15. The molecule has 0 spiro atoms. The molecule has 2 rings (SSSR count). The van der Waals surface area contributed by atoms with Crippen molar-refractivity contribution in [2.45, 2.75) is 18.9 Å². The van der Waals surface area contributed by atoms with Crippen molar-refractivity contribution in [1.82, 2.24) is 10.6 Å². The van der Waals surface area contributed by atoms with E-state index in [1.807, 2.05) is 0 Å². The van der Waals surface area contributed by atoms with E-state index in [1.165, 1.54) is 12.1 Å². The van der Waals surface area contributed by atoms with Crippen molar-refractivity contribution < 1.29 is 24.3 Å². The lowest BCUT2D eigenvalue weighted by Gasteiger charge is -2.22. The van der Waals surface area contributed by atoms with Gasteiger partial charge in [-0.2, -0.15) is 0 Å². The second-order valence-corrected chi connectivity index (χ2v) is 4.37. The van der Waals surface area contributed by atoms with Crippen LogP contribution in [0.4, 0.5) is 0 Å². The van der Waals surface area contributed by atoms with Crippen molar-refractivity contribution in [3.63, 3.8) is 0 Å². The highest BCUT2D eigenvalue weighted by Gasteiger charge is 2.28. The molecular formula is C13H12N2O5. The third-order valence-corrected chi connectivity index (χ3v) is 2.95. The van der Waals surface area contributed by atoms with Gasteiger partial charge in [0.2, 0.25) is 11.8 Å². The van der Waals surface area contributed by atoms with Crippen molar-refractivity contribution in [2.75, 3.05) is 0 Å². The van der Waals surface area contributed by atoms with E-state index in [0.29, 0.717) is 6.29 Å². The molecule has 1 unspecified atom stereocenters. The summed E-state index contributed by atoms with van der Waals surface area (Å²) in [7, 11) is 0. The van der Waals surface area contributed by atoms with Gasteiger partial charge in [-0.25, -0.2) is 0 Å². The lowest BCUT2D eigenvalue weighted by Crippen LogP contribution is -2.52. The Morgan fingerprint density at radius 2 is 2.15 bits per heavy atom. The number of aldehydes is 1. The molecule has 1 atom stereocenters. The number of phenolic OH excluding ortho intramolecular Hbond substituents is 1. The third kappa shape index (κ3) is 2.82. The van der Waals surface area contributed by atoms with E-state index in [0.717, 1.165) is 6.07 Å². The Morgan fingerprint density at radius 1 is 1.40 bits per heavy atom. The molecule has 0 aliphatic carbocycles. The smallest absolute Gasteiger partial charge is 0.252 e. The molecule has 1 aliphatic rings. The summed E-state index contributed by atoms with van der Waals surface area (Å²) in [6.45, 7) is 0. The summed E-state index contributed by atoms with van der Waals surface area (Å²) in [5, 5.41) is 13.8. The maximum atomic E-state index is 12.0.